The minimum Gasteiger partial charge on any atom is -0.488 e. The SMILES string of the molecule is Cc1cc(-c2ccn3nc(NC(=O)C4CC4)cc3c2)c(OC[C@@]23CN[C@@H](CO2)C3)cn1. The van der Waals surface area contributed by atoms with Crippen molar-refractivity contribution in [3.63, 3.8) is 0 Å². The summed E-state index contributed by atoms with van der Waals surface area (Å²) in [4.78, 5) is 16.5. The lowest BCUT2D eigenvalue weighted by molar-refractivity contribution is -0.117. The molecule has 3 aromatic heterocycles. The second-order valence-electron chi connectivity index (χ2n) is 8.96. The highest BCUT2D eigenvalue weighted by atomic mass is 16.6. The standard InChI is InChI=1S/C23H25N5O3/c1-14-6-19(20(10-24-14)30-13-23-9-17(11-31-23)25-12-23)16-4-5-28-18(7-16)8-21(27-28)26-22(29)15-2-3-15/h4-8,10,15,17,25H,2-3,9,11-13H2,1H3,(H,26,27,29)/t17-,23-/m1/s1. The molecule has 2 bridgehead atoms. The maximum Gasteiger partial charge on any atom is 0.228 e. The van der Waals surface area contributed by atoms with Crippen LogP contribution in [0.3, 0.4) is 0 Å². The average Bonchev–Trinajstić information content (AvgIpc) is 3.27. The molecule has 0 unspecified atom stereocenters. The number of amides is 1. The van der Waals surface area contributed by atoms with Gasteiger partial charge in [0.2, 0.25) is 5.91 Å². The smallest absolute Gasteiger partial charge is 0.228 e. The Morgan fingerprint density at radius 2 is 2.29 bits per heavy atom. The van der Waals surface area contributed by atoms with Crippen LogP contribution in [0.15, 0.2) is 36.7 Å². The van der Waals surface area contributed by atoms with Gasteiger partial charge in [-0.05, 0) is 49.9 Å². The van der Waals surface area contributed by atoms with Gasteiger partial charge in [-0.25, -0.2) is 4.52 Å². The molecule has 0 aromatic carbocycles. The van der Waals surface area contributed by atoms with Crippen molar-refractivity contribution < 1.29 is 14.3 Å². The van der Waals surface area contributed by atoms with Crippen LogP contribution < -0.4 is 15.4 Å². The molecule has 2 aliphatic heterocycles. The predicted octanol–water partition coefficient (Wildman–Crippen LogP) is 2.56. The number of rotatable bonds is 6. The molecule has 8 nitrogen and oxygen atoms in total. The molecule has 8 heteroatoms. The summed E-state index contributed by atoms with van der Waals surface area (Å²) in [6.07, 6.45) is 6.62. The number of morpholine rings is 1. The van der Waals surface area contributed by atoms with E-state index in [1.165, 1.54) is 0 Å². The molecule has 1 aliphatic carbocycles. The van der Waals surface area contributed by atoms with Crippen molar-refractivity contribution in [2.24, 2.45) is 5.92 Å². The highest BCUT2D eigenvalue weighted by Gasteiger charge is 2.47. The van der Waals surface area contributed by atoms with Crippen LogP contribution in [0.25, 0.3) is 16.6 Å². The number of anilines is 1. The summed E-state index contributed by atoms with van der Waals surface area (Å²) < 4.78 is 14.0. The number of fused-ring (bicyclic) bond motifs is 3. The fourth-order valence-corrected chi connectivity index (χ4v) is 4.47. The van der Waals surface area contributed by atoms with E-state index in [0.717, 1.165) is 60.5 Å². The van der Waals surface area contributed by atoms with Gasteiger partial charge in [-0.3, -0.25) is 9.78 Å². The van der Waals surface area contributed by atoms with E-state index in [1.807, 2.05) is 31.3 Å². The molecule has 3 aromatic rings. The predicted molar refractivity (Wildman–Crippen MR) is 115 cm³/mol. The molecule has 6 rings (SSSR count). The van der Waals surface area contributed by atoms with E-state index in [0.29, 0.717) is 18.5 Å². The van der Waals surface area contributed by atoms with E-state index in [9.17, 15) is 4.79 Å². The minimum absolute atomic E-state index is 0.0567. The van der Waals surface area contributed by atoms with Gasteiger partial charge in [0.1, 0.15) is 18.0 Å². The monoisotopic (exact) mass is 419 g/mol. The van der Waals surface area contributed by atoms with Crippen LogP contribution in [-0.2, 0) is 9.53 Å². The lowest BCUT2D eigenvalue weighted by Crippen LogP contribution is -2.43. The summed E-state index contributed by atoms with van der Waals surface area (Å²) in [6, 6.07) is 8.44. The normalized spacial score (nSPS) is 24.6. The summed E-state index contributed by atoms with van der Waals surface area (Å²) in [5.41, 5.74) is 3.59. The van der Waals surface area contributed by atoms with E-state index < -0.39 is 0 Å². The van der Waals surface area contributed by atoms with Crippen molar-refractivity contribution in [2.75, 3.05) is 25.1 Å². The van der Waals surface area contributed by atoms with Crippen molar-refractivity contribution in [3.05, 3.63) is 42.4 Å². The topological polar surface area (TPSA) is 89.8 Å². The van der Waals surface area contributed by atoms with E-state index in [2.05, 4.69) is 26.8 Å². The Balaban J connectivity index is 1.27. The lowest BCUT2D eigenvalue weighted by atomic mass is 10.0. The number of hydrogen-bond donors (Lipinski definition) is 2. The van der Waals surface area contributed by atoms with Gasteiger partial charge in [0, 0.05) is 42.0 Å². The Kier molecular flexibility index (Phi) is 4.26. The van der Waals surface area contributed by atoms with E-state index >= 15 is 0 Å². The van der Waals surface area contributed by atoms with E-state index in [1.54, 1.807) is 10.7 Å². The van der Waals surface area contributed by atoms with E-state index in [4.69, 9.17) is 9.47 Å². The first-order chi connectivity index (χ1) is 15.1. The van der Waals surface area contributed by atoms with Crippen molar-refractivity contribution in [3.8, 4) is 16.9 Å². The van der Waals surface area contributed by atoms with Crippen LogP contribution in [0, 0.1) is 12.8 Å². The van der Waals surface area contributed by atoms with Crippen LogP contribution in [0.4, 0.5) is 5.82 Å². The number of ether oxygens (including phenoxy) is 2. The van der Waals surface area contributed by atoms with Crippen molar-refractivity contribution in [1.82, 2.24) is 19.9 Å². The molecule has 2 saturated heterocycles. The number of hydrogen-bond acceptors (Lipinski definition) is 6. The average molecular weight is 419 g/mol. The Labute approximate surface area is 179 Å². The fourth-order valence-electron chi connectivity index (χ4n) is 4.47. The third kappa shape index (κ3) is 3.55. The first-order valence-corrected chi connectivity index (χ1v) is 10.8. The van der Waals surface area contributed by atoms with E-state index in [-0.39, 0.29) is 17.4 Å². The molecule has 1 amide bonds. The molecule has 0 radical (unpaired) electrons. The minimum atomic E-state index is -0.239. The second kappa shape index (κ2) is 7.03. The third-order valence-electron chi connectivity index (χ3n) is 6.39. The van der Waals surface area contributed by atoms with Crippen molar-refractivity contribution >= 4 is 17.2 Å². The molecule has 2 atom stereocenters. The number of aryl methyl sites for hydroxylation is 1. The zero-order chi connectivity index (χ0) is 21.0. The van der Waals surface area contributed by atoms with Gasteiger partial charge >= 0.3 is 0 Å². The lowest BCUT2D eigenvalue weighted by Gasteiger charge is -2.27. The summed E-state index contributed by atoms with van der Waals surface area (Å²) in [5, 5.41) is 10.9. The largest absolute Gasteiger partial charge is 0.488 e. The molecule has 3 fully saturated rings. The van der Waals surface area contributed by atoms with Crippen LogP contribution >= 0.6 is 0 Å². The van der Waals surface area contributed by atoms with Crippen molar-refractivity contribution in [2.45, 2.75) is 37.8 Å². The molecule has 3 aliphatic rings. The fraction of sp³-hybridized carbons (Fsp3) is 0.435. The van der Waals surface area contributed by atoms with Crippen LogP contribution in [-0.4, -0.2) is 51.9 Å². The van der Waals surface area contributed by atoms with Gasteiger partial charge in [0.25, 0.3) is 0 Å². The summed E-state index contributed by atoms with van der Waals surface area (Å²) in [5.74, 6) is 1.53. The van der Waals surface area contributed by atoms with Gasteiger partial charge < -0.3 is 20.1 Å². The van der Waals surface area contributed by atoms with Crippen LogP contribution in [0.1, 0.15) is 25.0 Å². The molecule has 160 valence electrons. The highest BCUT2D eigenvalue weighted by Crippen LogP contribution is 2.35. The zero-order valence-electron chi connectivity index (χ0n) is 17.4. The van der Waals surface area contributed by atoms with Gasteiger partial charge in [-0.2, -0.15) is 5.10 Å². The number of carbonyl (C=O) groups excluding carboxylic acids is 1. The van der Waals surface area contributed by atoms with Gasteiger partial charge in [0.05, 0.1) is 18.3 Å². The van der Waals surface area contributed by atoms with Gasteiger partial charge in [-0.15, -0.1) is 0 Å². The Morgan fingerprint density at radius 3 is 3.03 bits per heavy atom. The second-order valence-corrected chi connectivity index (χ2v) is 8.96. The number of aromatic nitrogens is 3. The number of nitrogens with zero attached hydrogens (tertiary/aromatic N) is 3. The Morgan fingerprint density at radius 1 is 1.39 bits per heavy atom. The maximum absolute atomic E-state index is 12.1. The summed E-state index contributed by atoms with van der Waals surface area (Å²) >= 11 is 0. The number of pyridine rings is 2. The maximum atomic E-state index is 12.1. The molecular weight excluding hydrogens is 394 g/mol. The quantitative estimate of drug-likeness (QED) is 0.638. The highest BCUT2D eigenvalue weighted by molar-refractivity contribution is 5.93. The third-order valence-corrected chi connectivity index (χ3v) is 6.39. The molecule has 1 saturated carbocycles. The summed E-state index contributed by atoms with van der Waals surface area (Å²) in [6.45, 7) is 4.05. The Bertz CT molecular complexity index is 1160. The number of nitrogens with one attached hydrogen (secondary N) is 2. The molecule has 5 heterocycles. The van der Waals surface area contributed by atoms with Crippen LogP contribution in [0.2, 0.25) is 0 Å². The Hall–Kier alpha value is -2.97. The first-order valence-electron chi connectivity index (χ1n) is 10.8. The molecule has 0 spiro atoms. The summed E-state index contributed by atoms with van der Waals surface area (Å²) in [7, 11) is 0. The molecule has 31 heavy (non-hydrogen) atoms. The van der Waals surface area contributed by atoms with Gasteiger partial charge in [-0.1, -0.05) is 0 Å². The molecular formula is C23H25N5O3. The first kappa shape index (κ1) is 18.8. The zero-order valence-corrected chi connectivity index (χ0v) is 17.4. The van der Waals surface area contributed by atoms with Crippen LogP contribution in [0.5, 0.6) is 5.75 Å². The van der Waals surface area contributed by atoms with Gasteiger partial charge in [0.15, 0.2) is 5.82 Å². The van der Waals surface area contributed by atoms with Crippen molar-refractivity contribution in [1.29, 1.82) is 0 Å². The number of carbonyl (C=O) groups is 1. The molecule has 2 N–H and O–H groups in total.